The molecule has 0 atom stereocenters. The number of nitrogens with zero attached hydrogens (tertiary/aromatic N) is 3. The molecule has 27 heavy (non-hydrogen) atoms. The summed E-state index contributed by atoms with van der Waals surface area (Å²) in [6.07, 6.45) is 3.76. The highest BCUT2D eigenvalue weighted by atomic mass is 16.6. The summed E-state index contributed by atoms with van der Waals surface area (Å²) in [5, 5.41) is 12.8. The smallest absolute Gasteiger partial charge is 0.410 e. The van der Waals surface area contributed by atoms with Crippen molar-refractivity contribution in [1.29, 1.82) is 0 Å². The zero-order valence-electron chi connectivity index (χ0n) is 15.7. The number of rotatable bonds is 3. The zero-order chi connectivity index (χ0) is 19.6. The average Bonchev–Trinajstić information content (AvgIpc) is 2.60. The summed E-state index contributed by atoms with van der Waals surface area (Å²) in [6.45, 7) is 6.47. The zero-order valence-corrected chi connectivity index (χ0v) is 15.7. The summed E-state index contributed by atoms with van der Waals surface area (Å²) in [4.78, 5) is 28.9. The maximum atomic E-state index is 12.1. The number of nitro groups is 1. The monoisotopic (exact) mass is 373 g/mol. The Hall–Kier alpha value is -2.90. The second kappa shape index (κ2) is 7.38. The predicted octanol–water partition coefficient (Wildman–Crippen LogP) is 3.92. The Labute approximate surface area is 157 Å². The lowest BCUT2D eigenvalue weighted by Gasteiger charge is -2.33. The largest absolute Gasteiger partial charge is 0.483 e. The van der Waals surface area contributed by atoms with Gasteiger partial charge in [0.05, 0.1) is 10.3 Å². The first-order valence-electron chi connectivity index (χ1n) is 8.90. The molecule has 0 spiro atoms. The van der Waals surface area contributed by atoms with Crippen LogP contribution < -0.4 is 4.74 Å². The fourth-order valence-corrected chi connectivity index (χ4v) is 3.08. The van der Waals surface area contributed by atoms with Crippen LogP contribution >= 0.6 is 0 Å². The van der Waals surface area contributed by atoms with E-state index in [4.69, 9.17) is 9.47 Å². The van der Waals surface area contributed by atoms with E-state index in [9.17, 15) is 14.9 Å². The van der Waals surface area contributed by atoms with Gasteiger partial charge >= 0.3 is 11.8 Å². The first-order chi connectivity index (χ1) is 12.7. The van der Waals surface area contributed by atoms with Gasteiger partial charge in [-0.3, -0.25) is 15.1 Å². The van der Waals surface area contributed by atoms with Crippen LogP contribution in [0, 0.1) is 10.1 Å². The van der Waals surface area contributed by atoms with Gasteiger partial charge in [-0.05, 0) is 39.0 Å². The molecule has 0 aliphatic carbocycles. The molecule has 2 aromatic rings. The first kappa shape index (κ1) is 18.9. The van der Waals surface area contributed by atoms with Crippen molar-refractivity contribution in [3.63, 3.8) is 0 Å². The molecule has 1 saturated heterocycles. The molecule has 0 unspecified atom stereocenters. The molecule has 1 aliphatic rings. The molecular formula is C19H23N3O5. The third-order valence-electron chi connectivity index (χ3n) is 4.32. The van der Waals surface area contributed by atoms with E-state index in [1.54, 1.807) is 29.3 Å². The molecule has 144 valence electrons. The summed E-state index contributed by atoms with van der Waals surface area (Å²) in [5.41, 5.74) is -0.588. The molecule has 1 aromatic heterocycles. The number of ether oxygens (including phenoxy) is 2. The molecule has 0 saturated carbocycles. The SMILES string of the molecule is CC(C)(C)OC(=O)N1CCC(Oc2ccc3cnccc3c2[N+](=O)[O-])CC1. The number of likely N-dealkylation sites (tertiary alicyclic amines) is 1. The van der Waals surface area contributed by atoms with Gasteiger partial charge < -0.3 is 14.4 Å². The van der Waals surface area contributed by atoms with Crippen LogP contribution in [0.3, 0.4) is 0 Å². The quantitative estimate of drug-likeness (QED) is 0.598. The lowest BCUT2D eigenvalue weighted by atomic mass is 10.1. The highest BCUT2D eigenvalue weighted by molar-refractivity contribution is 5.92. The van der Waals surface area contributed by atoms with Crippen molar-refractivity contribution in [2.24, 2.45) is 0 Å². The minimum atomic E-state index is -0.537. The van der Waals surface area contributed by atoms with E-state index < -0.39 is 10.5 Å². The summed E-state index contributed by atoms with van der Waals surface area (Å²) >= 11 is 0. The minimum Gasteiger partial charge on any atom is -0.483 e. The normalized spacial score (nSPS) is 15.6. The Morgan fingerprint density at radius 3 is 2.59 bits per heavy atom. The number of amides is 1. The molecule has 1 aliphatic heterocycles. The highest BCUT2D eigenvalue weighted by Crippen LogP contribution is 2.36. The molecule has 2 heterocycles. The summed E-state index contributed by atoms with van der Waals surface area (Å²) in [5.74, 6) is 0.245. The third-order valence-corrected chi connectivity index (χ3v) is 4.32. The van der Waals surface area contributed by atoms with E-state index in [1.807, 2.05) is 20.8 Å². The summed E-state index contributed by atoms with van der Waals surface area (Å²) in [7, 11) is 0. The van der Waals surface area contributed by atoms with Gasteiger partial charge in [0.25, 0.3) is 0 Å². The molecule has 0 N–H and O–H groups in total. The van der Waals surface area contributed by atoms with E-state index in [-0.39, 0.29) is 23.6 Å². The van der Waals surface area contributed by atoms with Crippen LogP contribution in [0.1, 0.15) is 33.6 Å². The molecule has 0 radical (unpaired) electrons. The van der Waals surface area contributed by atoms with Crippen molar-refractivity contribution >= 4 is 22.6 Å². The summed E-state index contributed by atoms with van der Waals surface area (Å²) in [6, 6.07) is 4.99. The molecule has 0 bridgehead atoms. The highest BCUT2D eigenvalue weighted by Gasteiger charge is 2.29. The number of hydrogen-bond acceptors (Lipinski definition) is 6. The van der Waals surface area contributed by atoms with Crippen LogP contribution in [0.4, 0.5) is 10.5 Å². The van der Waals surface area contributed by atoms with E-state index in [2.05, 4.69) is 4.98 Å². The summed E-state index contributed by atoms with van der Waals surface area (Å²) < 4.78 is 11.3. The number of hydrogen-bond donors (Lipinski definition) is 0. The maximum absolute atomic E-state index is 12.1. The molecule has 3 rings (SSSR count). The van der Waals surface area contributed by atoms with Gasteiger partial charge in [0.1, 0.15) is 11.7 Å². The number of piperidine rings is 1. The fourth-order valence-electron chi connectivity index (χ4n) is 3.08. The van der Waals surface area contributed by atoms with Crippen molar-refractivity contribution in [1.82, 2.24) is 9.88 Å². The van der Waals surface area contributed by atoms with Crippen molar-refractivity contribution in [2.75, 3.05) is 13.1 Å². The van der Waals surface area contributed by atoms with E-state index in [0.29, 0.717) is 36.7 Å². The number of nitro benzene ring substituents is 1. The van der Waals surface area contributed by atoms with E-state index >= 15 is 0 Å². The Balaban J connectivity index is 1.70. The van der Waals surface area contributed by atoms with E-state index in [0.717, 1.165) is 0 Å². The van der Waals surface area contributed by atoms with Crippen molar-refractivity contribution in [2.45, 2.75) is 45.3 Å². The van der Waals surface area contributed by atoms with Gasteiger partial charge in [-0.1, -0.05) is 0 Å². The average molecular weight is 373 g/mol. The molecule has 1 fully saturated rings. The van der Waals surface area contributed by atoms with Gasteiger partial charge in [0, 0.05) is 43.7 Å². The molecule has 1 aromatic carbocycles. The molecule has 1 amide bonds. The van der Waals surface area contributed by atoms with Crippen LogP contribution in [0.2, 0.25) is 0 Å². The van der Waals surface area contributed by atoms with Crippen molar-refractivity contribution in [3.05, 3.63) is 40.7 Å². The third kappa shape index (κ3) is 4.45. The van der Waals surface area contributed by atoms with Crippen LogP contribution in [-0.4, -0.2) is 45.7 Å². The number of carbonyl (C=O) groups excluding carboxylic acids is 1. The van der Waals surface area contributed by atoms with E-state index in [1.165, 1.54) is 6.20 Å². The van der Waals surface area contributed by atoms with Crippen LogP contribution in [0.15, 0.2) is 30.6 Å². The van der Waals surface area contributed by atoms with Gasteiger partial charge in [0.15, 0.2) is 5.75 Å². The molecule has 8 nitrogen and oxygen atoms in total. The lowest BCUT2D eigenvalue weighted by molar-refractivity contribution is -0.384. The van der Waals surface area contributed by atoms with Crippen LogP contribution in [0.25, 0.3) is 10.8 Å². The Morgan fingerprint density at radius 1 is 1.26 bits per heavy atom. The Kier molecular flexibility index (Phi) is 5.16. The van der Waals surface area contributed by atoms with Crippen molar-refractivity contribution in [3.8, 4) is 5.75 Å². The van der Waals surface area contributed by atoms with Gasteiger partial charge in [0.2, 0.25) is 0 Å². The first-order valence-corrected chi connectivity index (χ1v) is 8.90. The van der Waals surface area contributed by atoms with Gasteiger partial charge in [-0.2, -0.15) is 0 Å². The van der Waals surface area contributed by atoms with Crippen LogP contribution in [-0.2, 0) is 4.74 Å². The number of pyridine rings is 1. The second-order valence-corrected chi connectivity index (χ2v) is 7.55. The number of aromatic nitrogens is 1. The predicted molar refractivity (Wildman–Crippen MR) is 99.9 cm³/mol. The number of fused-ring (bicyclic) bond motifs is 1. The fraction of sp³-hybridized carbons (Fsp3) is 0.474. The van der Waals surface area contributed by atoms with Crippen molar-refractivity contribution < 1.29 is 19.2 Å². The lowest BCUT2D eigenvalue weighted by Crippen LogP contribution is -2.44. The van der Waals surface area contributed by atoms with Gasteiger partial charge in [-0.25, -0.2) is 4.79 Å². The molecular weight excluding hydrogens is 350 g/mol. The van der Waals surface area contributed by atoms with Gasteiger partial charge in [-0.15, -0.1) is 0 Å². The topological polar surface area (TPSA) is 94.8 Å². The Morgan fingerprint density at radius 2 is 1.96 bits per heavy atom. The maximum Gasteiger partial charge on any atom is 0.410 e. The Bertz CT molecular complexity index is 854. The van der Waals surface area contributed by atoms with Crippen LogP contribution in [0.5, 0.6) is 5.75 Å². The number of benzene rings is 1. The standard InChI is InChI=1S/C19H23N3O5/c1-19(2,3)27-18(23)21-10-7-14(8-11-21)26-16-5-4-13-12-20-9-6-15(13)17(16)22(24)25/h4-6,9,12,14H,7-8,10-11H2,1-3H3. The second-order valence-electron chi connectivity index (χ2n) is 7.55. The minimum absolute atomic E-state index is 0.0514. The molecule has 8 heteroatoms. The number of carbonyl (C=O) groups is 1.